The summed E-state index contributed by atoms with van der Waals surface area (Å²) in [5, 5.41) is 11.1. The Morgan fingerprint density at radius 3 is 1.79 bits per heavy atom. The first-order valence-electron chi connectivity index (χ1n) is 14.6. The van der Waals surface area contributed by atoms with Crippen LogP contribution in [-0.4, -0.2) is 38.1 Å². The summed E-state index contributed by atoms with van der Waals surface area (Å²) in [6.45, 7) is 11.5. The summed E-state index contributed by atoms with van der Waals surface area (Å²) in [4.78, 5) is 38.0. The number of ketones is 1. The van der Waals surface area contributed by atoms with Gasteiger partial charge in [-0.15, -0.1) is 0 Å². The van der Waals surface area contributed by atoms with Crippen molar-refractivity contribution in [1.29, 1.82) is 0 Å². The largest absolute Gasteiger partial charge is 0.507 e. The van der Waals surface area contributed by atoms with Gasteiger partial charge in [0.15, 0.2) is 17.5 Å². The topological polar surface area (TPSA) is 112 Å². The Bertz CT molecular complexity index is 1560. The number of hydrogen-bond donors (Lipinski definition) is 1. The summed E-state index contributed by atoms with van der Waals surface area (Å²) in [6.07, 6.45) is 1.98. The van der Waals surface area contributed by atoms with Crippen LogP contribution in [0.1, 0.15) is 68.2 Å². The molecule has 8 nitrogen and oxygen atoms in total. The van der Waals surface area contributed by atoms with Crippen LogP contribution < -0.4 is 4.74 Å². The zero-order valence-electron chi connectivity index (χ0n) is 25.7. The van der Waals surface area contributed by atoms with Gasteiger partial charge < -0.3 is 14.6 Å². The Morgan fingerprint density at radius 1 is 0.767 bits per heavy atom. The summed E-state index contributed by atoms with van der Waals surface area (Å²) in [7, 11) is 0. The van der Waals surface area contributed by atoms with Gasteiger partial charge in [0.1, 0.15) is 23.7 Å². The predicted octanol–water partition coefficient (Wildman–Crippen LogP) is 7.62. The molecule has 8 heteroatoms. The van der Waals surface area contributed by atoms with Crippen molar-refractivity contribution in [2.24, 2.45) is 0 Å². The number of unbranched alkanes of at least 4 members (excludes halogenated alkanes) is 2. The average Bonchev–Trinajstić information content (AvgIpc) is 2.92. The Balaban J connectivity index is 1.72. The smallest absolute Gasteiger partial charge is 0.316 e. The monoisotopic (exact) mass is 581 g/mol. The third-order valence-corrected chi connectivity index (χ3v) is 7.06. The van der Waals surface area contributed by atoms with Crippen molar-refractivity contribution in [3.8, 4) is 45.7 Å². The van der Waals surface area contributed by atoms with Crippen molar-refractivity contribution >= 4 is 11.8 Å². The number of aromatic nitrogens is 3. The quantitative estimate of drug-likeness (QED) is 0.0787. The molecule has 0 spiro atoms. The first-order chi connectivity index (χ1) is 20.5. The lowest BCUT2D eigenvalue weighted by atomic mass is 10.0. The van der Waals surface area contributed by atoms with Gasteiger partial charge >= 0.3 is 5.97 Å². The van der Waals surface area contributed by atoms with E-state index in [4.69, 9.17) is 24.4 Å². The minimum atomic E-state index is -0.881. The summed E-state index contributed by atoms with van der Waals surface area (Å²) >= 11 is 0. The molecule has 0 aliphatic heterocycles. The van der Waals surface area contributed by atoms with Crippen LogP contribution in [0, 0.1) is 27.7 Å². The van der Waals surface area contributed by atoms with Crippen LogP contribution in [0.2, 0.25) is 0 Å². The van der Waals surface area contributed by atoms with E-state index in [0.717, 1.165) is 52.6 Å². The van der Waals surface area contributed by atoms with E-state index >= 15 is 0 Å². The van der Waals surface area contributed by atoms with Gasteiger partial charge in [0.05, 0.1) is 5.56 Å². The van der Waals surface area contributed by atoms with Crippen molar-refractivity contribution < 1.29 is 24.2 Å². The summed E-state index contributed by atoms with van der Waals surface area (Å²) in [5.74, 6) is 0.628. The lowest BCUT2D eigenvalue weighted by molar-refractivity contribution is -0.165. The highest BCUT2D eigenvalue weighted by molar-refractivity contribution is 5.94. The fourth-order valence-corrected chi connectivity index (χ4v) is 4.89. The molecule has 4 aromatic rings. The number of hydrogen-bond acceptors (Lipinski definition) is 8. The number of nitrogens with zero attached hydrogens (tertiary/aromatic N) is 3. The number of aryl methyl sites for hydroxylation is 4. The zero-order valence-corrected chi connectivity index (χ0v) is 25.7. The Labute approximate surface area is 253 Å². The molecule has 0 saturated heterocycles. The molecule has 4 rings (SSSR count). The molecule has 1 atom stereocenters. The number of Topliss-reactive ketones (excluding diaryl/α,β-unsaturated/α-hetero) is 1. The van der Waals surface area contributed by atoms with Crippen molar-refractivity contribution in [2.45, 2.75) is 79.9 Å². The number of aromatic hydroxyl groups is 1. The first kappa shape index (κ1) is 31.3. The molecule has 0 amide bonds. The van der Waals surface area contributed by atoms with Crippen molar-refractivity contribution in [2.75, 3.05) is 0 Å². The second kappa shape index (κ2) is 14.1. The number of phenols is 1. The van der Waals surface area contributed by atoms with Gasteiger partial charge in [-0.25, -0.2) is 15.0 Å². The van der Waals surface area contributed by atoms with E-state index in [-0.39, 0.29) is 18.0 Å². The highest BCUT2D eigenvalue weighted by Gasteiger charge is 2.20. The van der Waals surface area contributed by atoms with E-state index in [1.807, 2.05) is 52.0 Å². The van der Waals surface area contributed by atoms with Gasteiger partial charge in [-0.2, -0.15) is 0 Å². The molecular weight excluding hydrogens is 542 g/mol. The van der Waals surface area contributed by atoms with Crippen LogP contribution in [0.15, 0.2) is 54.6 Å². The summed E-state index contributed by atoms with van der Waals surface area (Å²) in [5.41, 5.74) is 6.50. The molecular formula is C35H39N3O5. The molecule has 1 N–H and O–H groups in total. The molecule has 0 bridgehead atoms. The molecule has 0 aliphatic rings. The molecule has 0 saturated carbocycles. The molecule has 0 radical (unpaired) electrons. The highest BCUT2D eigenvalue weighted by atomic mass is 16.7. The Kier molecular flexibility index (Phi) is 10.2. The molecule has 224 valence electrons. The van der Waals surface area contributed by atoms with E-state index in [2.05, 4.69) is 19.1 Å². The van der Waals surface area contributed by atoms with Crippen LogP contribution in [0.4, 0.5) is 0 Å². The second-order valence-corrected chi connectivity index (χ2v) is 11.0. The number of esters is 1. The number of benzene rings is 3. The highest BCUT2D eigenvalue weighted by Crippen LogP contribution is 2.34. The SMILES string of the molecule is CCCCCC(OC(=O)CC(C)=O)Oc1ccc(-c2nc(-c3ccc(C)cc3C)nc(-c3ccc(C)cc3C)n2)c(O)c1. The fourth-order valence-electron chi connectivity index (χ4n) is 4.89. The van der Waals surface area contributed by atoms with Gasteiger partial charge in [0.25, 0.3) is 0 Å². The fraction of sp³-hybridized carbons (Fsp3) is 0.343. The average molecular weight is 582 g/mol. The lowest BCUT2D eigenvalue weighted by Crippen LogP contribution is -2.25. The van der Waals surface area contributed by atoms with E-state index in [1.165, 1.54) is 13.0 Å². The predicted molar refractivity (Wildman–Crippen MR) is 167 cm³/mol. The molecule has 1 aromatic heterocycles. The van der Waals surface area contributed by atoms with E-state index < -0.39 is 12.3 Å². The maximum Gasteiger partial charge on any atom is 0.316 e. The molecule has 3 aromatic carbocycles. The maximum atomic E-state index is 12.2. The number of carbonyl (C=O) groups excluding carboxylic acids is 2. The first-order valence-corrected chi connectivity index (χ1v) is 14.6. The second-order valence-electron chi connectivity index (χ2n) is 11.0. The van der Waals surface area contributed by atoms with Crippen LogP contribution in [0.3, 0.4) is 0 Å². The molecule has 1 unspecified atom stereocenters. The van der Waals surface area contributed by atoms with Crippen LogP contribution in [0.25, 0.3) is 34.2 Å². The van der Waals surface area contributed by atoms with Crippen molar-refractivity contribution in [1.82, 2.24) is 15.0 Å². The summed E-state index contributed by atoms with van der Waals surface area (Å²) < 4.78 is 11.4. The number of ether oxygens (including phenoxy) is 2. The molecule has 1 heterocycles. The standard InChI is InChI=1S/C35H39N3O5/c1-7-8-9-10-32(43-31(41)19-25(6)39)42-26-13-16-29(30(40)20-26)35-37-33(27-14-11-21(2)17-23(27)4)36-34(38-35)28-15-12-22(3)18-24(28)5/h11-18,20,32,40H,7-10,19H2,1-6H3. The van der Waals surface area contributed by atoms with Gasteiger partial charge in [-0.1, -0.05) is 67.3 Å². The van der Waals surface area contributed by atoms with Crippen LogP contribution in [0.5, 0.6) is 11.5 Å². The van der Waals surface area contributed by atoms with Crippen LogP contribution in [-0.2, 0) is 14.3 Å². The third kappa shape index (κ3) is 8.25. The Hall–Kier alpha value is -4.59. The number of rotatable bonds is 12. The third-order valence-electron chi connectivity index (χ3n) is 7.06. The molecule has 0 aliphatic carbocycles. The lowest BCUT2D eigenvalue weighted by Gasteiger charge is -2.20. The van der Waals surface area contributed by atoms with Gasteiger partial charge in [0, 0.05) is 23.6 Å². The van der Waals surface area contributed by atoms with Gasteiger partial charge in [-0.05, 0) is 64.3 Å². The van der Waals surface area contributed by atoms with E-state index in [0.29, 0.717) is 35.2 Å². The van der Waals surface area contributed by atoms with Crippen LogP contribution >= 0.6 is 0 Å². The van der Waals surface area contributed by atoms with Crippen molar-refractivity contribution in [3.05, 3.63) is 76.9 Å². The Morgan fingerprint density at radius 2 is 1.30 bits per heavy atom. The minimum Gasteiger partial charge on any atom is -0.507 e. The van der Waals surface area contributed by atoms with Crippen molar-refractivity contribution in [3.63, 3.8) is 0 Å². The van der Waals surface area contributed by atoms with Gasteiger partial charge in [0.2, 0.25) is 6.29 Å². The van der Waals surface area contributed by atoms with E-state index in [9.17, 15) is 14.7 Å². The van der Waals surface area contributed by atoms with E-state index in [1.54, 1.807) is 12.1 Å². The minimum absolute atomic E-state index is 0.0933. The molecule has 43 heavy (non-hydrogen) atoms. The normalized spacial score (nSPS) is 11.7. The molecule has 0 fully saturated rings. The summed E-state index contributed by atoms with van der Waals surface area (Å²) in [6, 6.07) is 17.0. The zero-order chi connectivity index (χ0) is 31.1. The number of phenolic OH excluding ortho intramolecular Hbond substituents is 1. The maximum absolute atomic E-state index is 12.2. The number of carbonyl (C=O) groups is 2. The van der Waals surface area contributed by atoms with Gasteiger partial charge in [-0.3, -0.25) is 9.59 Å².